The van der Waals surface area contributed by atoms with Crippen molar-refractivity contribution in [3.8, 4) is 0 Å². The summed E-state index contributed by atoms with van der Waals surface area (Å²) in [5.41, 5.74) is -2.60. The van der Waals surface area contributed by atoms with Crippen molar-refractivity contribution in [3.63, 3.8) is 0 Å². The number of carbonyl (C=O) groups is 3. The van der Waals surface area contributed by atoms with Crippen molar-refractivity contribution in [1.82, 2.24) is 0 Å². The van der Waals surface area contributed by atoms with Crippen molar-refractivity contribution in [2.45, 2.75) is 18.4 Å². The van der Waals surface area contributed by atoms with E-state index < -0.39 is 36.4 Å². The third kappa shape index (κ3) is 3.94. The molecule has 0 amide bonds. The Morgan fingerprint density at radius 1 is 1.13 bits per heavy atom. The molecule has 0 aliphatic heterocycles. The summed E-state index contributed by atoms with van der Waals surface area (Å²) in [5, 5.41) is 20.0. The number of hydrogen-bond acceptors (Lipinski definition) is 7. The van der Waals surface area contributed by atoms with E-state index in [-0.39, 0.29) is 0 Å². The van der Waals surface area contributed by atoms with Gasteiger partial charge in [-0.05, 0) is 0 Å². The molecule has 0 heterocycles. The maximum absolute atomic E-state index is 10.8. The molecule has 0 radical (unpaired) electrons. The van der Waals surface area contributed by atoms with Crippen LogP contribution in [-0.4, -0.2) is 42.8 Å². The molecule has 0 saturated carbocycles. The van der Waals surface area contributed by atoms with E-state index in [1.54, 1.807) is 0 Å². The first-order valence-corrected chi connectivity index (χ1v) is 3.93. The van der Waals surface area contributed by atoms with E-state index in [4.69, 9.17) is 0 Å². The van der Waals surface area contributed by atoms with Crippen LogP contribution in [0.15, 0.2) is 0 Å². The molecule has 0 aliphatic carbocycles. The molecule has 7 nitrogen and oxygen atoms in total. The monoisotopic (exact) mass is 219 g/mol. The van der Waals surface area contributed by atoms with Crippen molar-refractivity contribution in [1.29, 1.82) is 0 Å². The van der Waals surface area contributed by atoms with Crippen LogP contribution in [0.1, 0.15) is 12.8 Å². The number of carboxylic acid groups (broad SMARTS) is 1. The van der Waals surface area contributed by atoms with Crippen LogP contribution in [0.4, 0.5) is 0 Å². The van der Waals surface area contributed by atoms with Gasteiger partial charge in [-0.1, -0.05) is 0 Å². The second kappa shape index (κ2) is 5.30. The molecule has 0 aliphatic rings. The predicted octanol–water partition coefficient (Wildman–Crippen LogP) is -2.41. The molecule has 0 bridgehead atoms. The lowest BCUT2D eigenvalue weighted by atomic mass is 9.96. The minimum absolute atomic E-state index is 0.874. The highest BCUT2D eigenvalue weighted by molar-refractivity contribution is 5.87. The molecule has 0 spiro atoms. The number of carboxylic acids is 1. The summed E-state index contributed by atoms with van der Waals surface area (Å²) in [5.74, 6) is -3.87. The Kier molecular flexibility index (Phi) is 4.72. The average molecular weight is 219 g/mol. The highest BCUT2D eigenvalue weighted by Gasteiger charge is 2.35. The second-order valence-corrected chi connectivity index (χ2v) is 2.82. The number of hydrogen-bond donors (Lipinski definition) is 1. The summed E-state index contributed by atoms with van der Waals surface area (Å²) in [7, 11) is 2.05. The van der Waals surface area contributed by atoms with Crippen LogP contribution in [0.25, 0.3) is 0 Å². The van der Waals surface area contributed by atoms with Crippen molar-refractivity contribution in [2.24, 2.45) is 0 Å². The lowest BCUT2D eigenvalue weighted by Crippen LogP contribution is -2.51. The van der Waals surface area contributed by atoms with Crippen LogP contribution >= 0.6 is 0 Å². The third-order valence-corrected chi connectivity index (χ3v) is 1.71. The van der Waals surface area contributed by atoms with E-state index in [9.17, 15) is 24.6 Å². The Labute approximate surface area is 85.6 Å². The van der Waals surface area contributed by atoms with Gasteiger partial charge in [0, 0.05) is 0 Å². The summed E-state index contributed by atoms with van der Waals surface area (Å²) in [4.78, 5) is 32.1. The molecule has 1 N–H and O–H groups in total. The predicted molar refractivity (Wildman–Crippen MR) is 43.2 cm³/mol. The molecular formula is C8H11O7-. The van der Waals surface area contributed by atoms with Crippen LogP contribution in [-0.2, 0) is 23.9 Å². The summed E-state index contributed by atoms with van der Waals surface area (Å²) >= 11 is 0. The first-order valence-electron chi connectivity index (χ1n) is 3.93. The number of esters is 2. The van der Waals surface area contributed by atoms with Crippen LogP contribution < -0.4 is 5.11 Å². The largest absolute Gasteiger partial charge is 0.547 e. The Balaban J connectivity index is 4.67. The number of carbonyl (C=O) groups excluding carboxylic acids is 3. The van der Waals surface area contributed by atoms with Crippen molar-refractivity contribution < 1.29 is 34.1 Å². The van der Waals surface area contributed by atoms with Gasteiger partial charge in [0.1, 0.15) is 5.60 Å². The van der Waals surface area contributed by atoms with Gasteiger partial charge in [0.2, 0.25) is 0 Å². The van der Waals surface area contributed by atoms with Crippen molar-refractivity contribution in [3.05, 3.63) is 0 Å². The summed E-state index contributed by atoms with van der Waals surface area (Å²) in [6.45, 7) is 0. The molecule has 0 aromatic heterocycles. The van der Waals surface area contributed by atoms with Crippen molar-refractivity contribution >= 4 is 17.9 Å². The Hall–Kier alpha value is -1.63. The SMILES string of the molecule is COC(=O)CC(O)(CC(=O)OC)C(=O)[O-]. The van der Waals surface area contributed by atoms with Gasteiger partial charge in [-0.15, -0.1) is 0 Å². The smallest absolute Gasteiger partial charge is 0.308 e. The summed E-state index contributed by atoms with van der Waals surface area (Å²) < 4.78 is 8.34. The summed E-state index contributed by atoms with van der Waals surface area (Å²) in [6, 6.07) is 0. The molecule has 0 aromatic rings. The molecule has 0 rings (SSSR count). The van der Waals surface area contributed by atoms with Crippen LogP contribution in [0.3, 0.4) is 0 Å². The minimum Gasteiger partial charge on any atom is -0.547 e. The third-order valence-electron chi connectivity index (χ3n) is 1.71. The van der Waals surface area contributed by atoms with Gasteiger partial charge in [0.05, 0.1) is 33.0 Å². The molecule has 15 heavy (non-hydrogen) atoms. The van der Waals surface area contributed by atoms with Gasteiger partial charge < -0.3 is 24.5 Å². The minimum atomic E-state index is -2.60. The van der Waals surface area contributed by atoms with Gasteiger partial charge >= 0.3 is 11.9 Å². The first kappa shape index (κ1) is 13.4. The zero-order chi connectivity index (χ0) is 12.1. The zero-order valence-corrected chi connectivity index (χ0v) is 8.31. The van der Waals surface area contributed by atoms with Crippen LogP contribution in [0.5, 0.6) is 0 Å². The van der Waals surface area contributed by atoms with Gasteiger partial charge in [-0.25, -0.2) is 0 Å². The Bertz CT molecular complexity index is 252. The average Bonchev–Trinajstić information content (AvgIpc) is 2.16. The molecule has 0 unspecified atom stereocenters. The normalized spacial score (nSPS) is 10.6. The number of aliphatic carboxylic acids is 1. The summed E-state index contributed by atoms with van der Waals surface area (Å²) in [6.07, 6.45) is -1.75. The highest BCUT2D eigenvalue weighted by atomic mass is 16.5. The van der Waals surface area contributed by atoms with Crippen LogP contribution in [0, 0.1) is 0 Å². The number of ether oxygens (including phenoxy) is 2. The van der Waals surface area contributed by atoms with E-state index in [0.29, 0.717) is 0 Å². The van der Waals surface area contributed by atoms with E-state index in [1.165, 1.54) is 0 Å². The number of rotatable bonds is 5. The van der Waals surface area contributed by atoms with E-state index in [2.05, 4.69) is 9.47 Å². The molecular weight excluding hydrogens is 208 g/mol. The lowest BCUT2D eigenvalue weighted by molar-refractivity contribution is -0.325. The number of aliphatic hydroxyl groups is 1. The van der Waals surface area contributed by atoms with E-state index >= 15 is 0 Å². The molecule has 0 saturated heterocycles. The van der Waals surface area contributed by atoms with Gasteiger partial charge in [0.15, 0.2) is 0 Å². The van der Waals surface area contributed by atoms with Gasteiger partial charge in [-0.2, -0.15) is 0 Å². The quantitative estimate of drug-likeness (QED) is 0.512. The fraction of sp³-hybridized carbons (Fsp3) is 0.625. The van der Waals surface area contributed by atoms with Crippen LogP contribution in [0.2, 0.25) is 0 Å². The first-order chi connectivity index (χ1) is 6.85. The fourth-order valence-electron chi connectivity index (χ4n) is 0.829. The Morgan fingerprint density at radius 3 is 1.67 bits per heavy atom. The molecule has 0 fully saturated rings. The fourth-order valence-corrected chi connectivity index (χ4v) is 0.829. The standard InChI is InChI=1S/C8H12O7/c1-14-5(9)3-8(13,7(11)12)4-6(10)15-2/h13H,3-4H2,1-2H3,(H,11,12)/p-1. The molecule has 0 aromatic carbocycles. The van der Waals surface area contributed by atoms with Gasteiger partial charge in [-0.3, -0.25) is 9.59 Å². The maximum atomic E-state index is 10.8. The second-order valence-electron chi connectivity index (χ2n) is 2.82. The van der Waals surface area contributed by atoms with Crippen molar-refractivity contribution in [2.75, 3.05) is 14.2 Å². The van der Waals surface area contributed by atoms with E-state index in [1.807, 2.05) is 0 Å². The number of methoxy groups -OCH3 is 2. The lowest BCUT2D eigenvalue weighted by Gasteiger charge is -2.26. The maximum Gasteiger partial charge on any atom is 0.308 e. The van der Waals surface area contributed by atoms with E-state index in [0.717, 1.165) is 14.2 Å². The topological polar surface area (TPSA) is 113 Å². The van der Waals surface area contributed by atoms with Gasteiger partial charge in [0.25, 0.3) is 0 Å². The molecule has 86 valence electrons. The molecule has 0 atom stereocenters. The molecule has 7 heteroatoms. The zero-order valence-electron chi connectivity index (χ0n) is 8.31. The Morgan fingerprint density at radius 2 is 1.47 bits per heavy atom. The highest BCUT2D eigenvalue weighted by Crippen LogP contribution is 2.16.